The van der Waals surface area contributed by atoms with Gasteiger partial charge in [-0.1, -0.05) is 170 Å². The number of benzene rings is 8. The molecule has 0 radical (unpaired) electrons. The molecule has 0 fully saturated rings. The van der Waals surface area contributed by atoms with E-state index in [-0.39, 0.29) is 0 Å². The van der Waals surface area contributed by atoms with E-state index >= 15 is 0 Å². The van der Waals surface area contributed by atoms with E-state index in [0.29, 0.717) is 5.82 Å². The lowest BCUT2D eigenvalue weighted by atomic mass is 9.66. The van der Waals surface area contributed by atoms with Crippen LogP contribution in [-0.4, -0.2) is 15.0 Å². The maximum Gasteiger partial charge on any atom is 0.161 e. The molecule has 8 aromatic carbocycles. The predicted molar refractivity (Wildman–Crippen MR) is 255 cm³/mol. The Labute approximate surface area is 366 Å². The summed E-state index contributed by atoms with van der Waals surface area (Å²) in [5.74, 6) is 2.42. The van der Waals surface area contributed by atoms with E-state index in [2.05, 4.69) is 206 Å². The number of ether oxygens (including phenoxy) is 1. The first-order valence-corrected chi connectivity index (χ1v) is 21.4. The van der Waals surface area contributed by atoms with Gasteiger partial charge in [0.2, 0.25) is 0 Å². The molecule has 12 rings (SSSR count). The molecule has 296 valence electrons. The standard InChI is InChI=1S/C59H39N3O/c1-38-37-60-33-32-43(38)46-22-10-8-21-45(46)41-28-30-50-48(34-41)49-35-42(29-31-51(49)59(50)52-24-12-14-26-56(52)63-57-27-15-13-25-53(57)59)55-36-54(40-18-6-3-7-19-40)61-58(62-55)47-23-11-9-20-44(47)39-16-4-2-5-17-39/h2-37H,1H3. The lowest BCUT2D eigenvalue weighted by Crippen LogP contribution is -2.32. The highest BCUT2D eigenvalue weighted by molar-refractivity contribution is 5.94. The van der Waals surface area contributed by atoms with Crippen LogP contribution in [0.2, 0.25) is 0 Å². The Balaban J connectivity index is 1.11. The summed E-state index contributed by atoms with van der Waals surface area (Å²) in [7, 11) is 0. The SMILES string of the molecule is Cc1cnccc1-c1ccccc1-c1ccc2c(c1)-c1cc(-c3cc(-c4ccccc4)nc(-c4ccccc4-c4ccccc4)n3)ccc1C21c2ccccc2Oc2ccccc21. The Bertz CT molecular complexity index is 3350. The van der Waals surface area contributed by atoms with Crippen LogP contribution < -0.4 is 4.74 Å². The molecule has 1 spiro atoms. The van der Waals surface area contributed by atoms with Gasteiger partial charge in [-0.25, -0.2) is 9.97 Å². The molecule has 63 heavy (non-hydrogen) atoms. The van der Waals surface area contributed by atoms with E-state index in [0.717, 1.165) is 73.0 Å². The van der Waals surface area contributed by atoms with Crippen molar-refractivity contribution in [1.29, 1.82) is 0 Å². The van der Waals surface area contributed by atoms with Gasteiger partial charge in [0.15, 0.2) is 5.82 Å². The fourth-order valence-corrected chi connectivity index (χ4v) is 10.0. The molecule has 2 aliphatic rings. The number of rotatable bonds is 6. The third-order valence-electron chi connectivity index (χ3n) is 12.8. The number of hydrogen-bond donors (Lipinski definition) is 0. The van der Waals surface area contributed by atoms with Crippen molar-refractivity contribution in [2.24, 2.45) is 0 Å². The zero-order chi connectivity index (χ0) is 41.9. The van der Waals surface area contributed by atoms with Crippen LogP contribution in [0.25, 0.3) is 78.4 Å². The van der Waals surface area contributed by atoms with Crippen molar-refractivity contribution in [1.82, 2.24) is 15.0 Å². The maximum absolute atomic E-state index is 6.69. The van der Waals surface area contributed by atoms with Gasteiger partial charge in [0.25, 0.3) is 0 Å². The summed E-state index contributed by atoms with van der Waals surface area (Å²) in [6.07, 6.45) is 3.82. The molecule has 1 aliphatic heterocycles. The van der Waals surface area contributed by atoms with Gasteiger partial charge in [0, 0.05) is 40.2 Å². The monoisotopic (exact) mass is 805 g/mol. The van der Waals surface area contributed by atoms with Gasteiger partial charge in [-0.05, 0) is 105 Å². The highest BCUT2D eigenvalue weighted by Crippen LogP contribution is 2.62. The van der Waals surface area contributed by atoms with Gasteiger partial charge in [0.1, 0.15) is 11.5 Å². The highest BCUT2D eigenvalue weighted by Gasteiger charge is 2.51. The van der Waals surface area contributed by atoms with Gasteiger partial charge < -0.3 is 4.74 Å². The minimum absolute atomic E-state index is 0.616. The van der Waals surface area contributed by atoms with Gasteiger partial charge in [0.05, 0.1) is 16.8 Å². The molecule has 0 saturated carbocycles. The molecule has 0 bridgehead atoms. The number of pyridine rings is 1. The van der Waals surface area contributed by atoms with Gasteiger partial charge >= 0.3 is 0 Å². The van der Waals surface area contributed by atoms with Crippen molar-refractivity contribution in [2.75, 3.05) is 0 Å². The van der Waals surface area contributed by atoms with E-state index in [1.54, 1.807) is 0 Å². The van der Waals surface area contributed by atoms with Crippen LogP contribution in [-0.2, 0) is 5.41 Å². The molecule has 0 saturated heterocycles. The second kappa shape index (κ2) is 14.8. The van der Waals surface area contributed by atoms with Crippen LogP contribution in [0.3, 0.4) is 0 Å². The Morgan fingerprint density at radius 1 is 0.365 bits per heavy atom. The number of aryl methyl sites for hydroxylation is 1. The Morgan fingerprint density at radius 3 is 1.52 bits per heavy atom. The number of fused-ring (bicyclic) bond motifs is 9. The molecule has 1 aliphatic carbocycles. The summed E-state index contributed by atoms with van der Waals surface area (Å²) >= 11 is 0. The van der Waals surface area contributed by atoms with Crippen LogP contribution in [0.1, 0.15) is 27.8 Å². The molecule has 3 heterocycles. The van der Waals surface area contributed by atoms with Crippen LogP contribution in [0.15, 0.2) is 219 Å². The van der Waals surface area contributed by atoms with Gasteiger partial charge in [-0.15, -0.1) is 0 Å². The van der Waals surface area contributed by atoms with E-state index in [9.17, 15) is 0 Å². The average molecular weight is 806 g/mol. The molecule has 2 aromatic heterocycles. The van der Waals surface area contributed by atoms with Crippen LogP contribution in [0.4, 0.5) is 0 Å². The summed E-state index contributed by atoms with van der Waals surface area (Å²) in [5, 5.41) is 0. The van der Waals surface area contributed by atoms with Crippen molar-refractivity contribution < 1.29 is 4.74 Å². The molecule has 10 aromatic rings. The summed E-state index contributed by atoms with van der Waals surface area (Å²) in [6.45, 7) is 2.13. The topological polar surface area (TPSA) is 47.9 Å². The minimum atomic E-state index is -0.616. The first-order valence-electron chi connectivity index (χ1n) is 21.4. The molecule has 0 atom stereocenters. The Kier molecular flexibility index (Phi) is 8.58. The third-order valence-corrected chi connectivity index (χ3v) is 12.8. The third kappa shape index (κ3) is 5.87. The zero-order valence-corrected chi connectivity index (χ0v) is 34.5. The zero-order valence-electron chi connectivity index (χ0n) is 34.5. The van der Waals surface area contributed by atoms with E-state index in [4.69, 9.17) is 14.7 Å². The summed E-state index contributed by atoms with van der Waals surface area (Å²) in [6, 6.07) is 73.4. The summed E-state index contributed by atoms with van der Waals surface area (Å²) in [4.78, 5) is 15.1. The van der Waals surface area contributed by atoms with Crippen molar-refractivity contribution >= 4 is 0 Å². The van der Waals surface area contributed by atoms with E-state index in [1.807, 2.05) is 24.5 Å². The number of aromatic nitrogens is 3. The lowest BCUT2D eigenvalue weighted by molar-refractivity contribution is 0.436. The van der Waals surface area contributed by atoms with Crippen molar-refractivity contribution in [3.63, 3.8) is 0 Å². The molecule has 4 nitrogen and oxygen atoms in total. The molecular formula is C59H39N3O. The van der Waals surface area contributed by atoms with Crippen LogP contribution in [0.5, 0.6) is 11.5 Å². The van der Waals surface area contributed by atoms with Crippen molar-refractivity contribution in [3.8, 4) is 89.9 Å². The van der Waals surface area contributed by atoms with E-state index in [1.165, 1.54) is 38.9 Å². The second-order valence-electron chi connectivity index (χ2n) is 16.3. The number of hydrogen-bond acceptors (Lipinski definition) is 4. The largest absolute Gasteiger partial charge is 0.457 e. The molecule has 0 amide bonds. The summed E-state index contributed by atoms with van der Waals surface area (Å²) in [5.41, 5.74) is 19.2. The van der Waals surface area contributed by atoms with Crippen LogP contribution >= 0.6 is 0 Å². The quantitative estimate of drug-likeness (QED) is 0.168. The second-order valence-corrected chi connectivity index (χ2v) is 16.3. The smallest absolute Gasteiger partial charge is 0.161 e. The van der Waals surface area contributed by atoms with E-state index < -0.39 is 5.41 Å². The first kappa shape index (κ1) is 36.6. The fourth-order valence-electron chi connectivity index (χ4n) is 10.0. The molecule has 4 heteroatoms. The molecule has 0 N–H and O–H groups in total. The minimum Gasteiger partial charge on any atom is -0.457 e. The van der Waals surface area contributed by atoms with Crippen molar-refractivity contribution in [2.45, 2.75) is 12.3 Å². The van der Waals surface area contributed by atoms with Crippen LogP contribution in [0, 0.1) is 6.92 Å². The Morgan fingerprint density at radius 2 is 0.873 bits per heavy atom. The number of nitrogens with zero attached hydrogens (tertiary/aromatic N) is 3. The maximum atomic E-state index is 6.69. The average Bonchev–Trinajstić information content (AvgIpc) is 3.64. The van der Waals surface area contributed by atoms with Gasteiger partial charge in [-0.2, -0.15) is 0 Å². The highest BCUT2D eigenvalue weighted by atomic mass is 16.5. The normalized spacial score (nSPS) is 12.8. The Hall–Kier alpha value is -8.21. The first-order chi connectivity index (χ1) is 31.1. The van der Waals surface area contributed by atoms with Crippen molar-refractivity contribution in [3.05, 3.63) is 246 Å². The number of para-hydroxylation sites is 2. The van der Waals surface area contributed by atoms with Gasteiger partial charge in [-0.3, -0.25) is 4.98 Å². The molecule has 0 unspecified atom stereocenters. The summed E-state index contributed by atoms with van der Waals surface area (Å²) < 4.78 is 6.69. The lowest BCUT2D eigenvalue weighted by Gasteiger charge is -2.39. The molecular weight excluding hydrogens is 767 g/mol. The fraction of sp³-hybridized carbons (Fsp3) is 0.0339. The predicted octanol–water partition coefficient (Wildman–Crippen LogP) is 14.7.